The van der Waals surface area contributed by atoms with Gasteiger partial charge < -0.3 is 5.73 Å². The Balaban J connectivity index is 2.06. The monoisotopic (exact) mass is 285 g/mol. The van der Waals surface area contributed by atoms with E-state index in [0.29, 0.717) is 12.0 Å². The van der Waals surface area contributed by atoms with Crippen LogP contribution >= 0.6 is 0 Å². The molecule has 3 rings (SSSR count). The summed E-state index contributed by atoms with van der Waals surface area (Å²) in [6, 6.07) is 4.48. The van der Waals surface area contributed by atoms with Crippen LogP contribution in [0.5, 0.6) is 0 Å². The molecule has 3 unspecified atom stereocenters. The van der Waals surface area contributed by atoms with E-state index in [1.807, 2.05) is 17.7 Å². The third kappa shape index (κ3) is 2.30. The van der Waals surface area contributed by atoms with Crippen molar-refractivity contribution in [2.75, 3.05) is 5.73 Å². The molecule has 0 aliphatic heterocycles. The largest absolute Gasteiger partial charge is 0.398 e. The number of anilines is 1. The fourth-order valence-corrected chi connectivity index (χ4v) is 3.39. The molecule has 1 fully saturated rings. The molecule has 1 saturated carbocycles. The lowest BCUT2D eigenvalue weighted by atomic mass is 9.97. The zero-order valence-electron chi connectivity index (χ0n) is 13.2. The lowest BCUT2D eigenvalue weighted by molar-refractivity contribution is 0.328. The summed E-state index contributed by atoms with van der Waals surface area (Å²) in [4.78, 5) is 0. The van der Waals surface area contributed by atoms with Crippen molar-refractivity contribution in [3.8, 4) is 11.4 Å². The average Bonchev–Trinajstić information content (AvgIpc) is 3.02. The van der Waals surface area contributed by atoms with Crippen LogP contribution in [0.15, 0.2) is 12.1 Å². The fraction of sp³-hybridized carbons (Fsp3) is 0.562. The van der Waals surface area contributed by atoms with E-state index in [9.17, 15) is 0 Å². The van der Waals surface area contributed by atoms with Crippen molar-refractivity contribution in [2.45, 2.75) is 46.6 Å². The summed E-state index contributed by atoms with van der Waals surface area (Å²) in [6.45, 7) is 8.71. The maximum Gasteiger partial charge on any atom is 0.182 e. The Labute approximate surface area is 125 Å². The van der Waals surface area contributed by atoms with Crippen LogP contribution in [0, 0.1) is 25.7 Å². The zero-order valence-corrected chi connectivity index (χ0v) is 13.2. The highest BCUT2D eigenvalue weighted by molar-refractivity contribution is 5.67. The molecule has 1 aliphatic carbocycles. The molecule has 3 atom stereocenters. The van der Waals surface area contributed by atoms with Crippen molar-refractivity contribution < 1.29 is 0 Å². The van der Waals surface area contributed by atoms with E-state index >= 15 is 0 Å². The maximum atomic E-state index is 6.07. The van der Waals surface area contributed by atoms with Crippen molar-refractivity contribution in [1.29, 1.82) is 0 Å². The molecule has 0 bridgehead atoms. The number of aromatic nitrogens is 4. The molecule has 1 heterocycles. The van der Waals surface area contributed by atoms with Gasteiger partial charge in [-0.05, 0) is 66.1 Å². The normalized spacial score (nSPS) is 25.4. The molecule has 2 N–H and O–H groups in total. The zero-order chi connectivity index (χ0) is 15.1. The summed E-state index contributed by atoms with van der Waals surface area (Å²) in [5.74, 6) is 2.15. The molecular weight excluding hydrogens is 262 g/mol. The van der Waals surface area contributed by atoms with Crippen molar-refractivity contribution >= 4 is 5.69 Å². The van der Waals surface area contributed by atoms with Gasteiger partial charge in [-0.2, -0.15) is 0 Å². The molecule has 5 heteroatoms. The van der Waals surface area contributed by atoms with Gasteiger partial charge in [0.1, 0.15) is 0 Å². The highest BCUT2D eigenvalue weighted by Crippen LogP contribution is 2.41. The molecule has 112 valence electrons. The number of nitrogens with two attached hydrogens (primary N) is 1. The highest BCUT2D eigenvalue weighted by atomic mass is 15.6. The van der Waals surface area contributed by atoms with Crippen LogP contribution in [0.25, 0.3) is 11.4 Å². The molecule has 21 heavy (non-hydrogen) atoms. The van der Waals surface area contributed by atoms with Gasteiger partial charge in [-0.15, -0.1) is 5.10 Å². The van der Waals surface area contributed by atoms with E-state index in [2.05, 4.69) is 42.4 Å². The Morgan fingerprint density at radius 1 is 1.14 bits per heavy atom. The summed E-state index contributed by atoms with van der Waals surface area (Å²) in [5.41, 5.74) is 10.2. The van der Waals surface area contributed by atoms with Crippen molar-refractivity contribution in [1.82, 2.24) is 20.2 Å². The molecule has 0 saturated heterocycles. The number of tetrazole rings is 1. The average molecular weight is 285 g/mol. The Bertz CT molecular complexity index is 661. The third-order valence-electron chi connectivity index (χ3n) is 5.08. The van der Waals surface area contributed by atoms with E-state index in [0.717, 1.165) is 40.5 Å². The Morgan fingerprint density at radius 3 is 2.57 bits per heavy atom. The Kier molecular flexibility index (Phi) is 3.43. The number of hydrogen-bond donors (Lipinski definition) is 1. The van der Waals surface area contributed by atoms with Crippen LogP contribution in [-0.4, -0.2) is 20.2 Å². The van der Waals surface area contributed by atoms with Gasteiger partial charge in [-0.25, -0.2) is 4.68 Å². The van der Waals surface area contributed by atoms with Crippen molar-refractivity contribution in [3.05, 3.63) is 23.3 Å². The first-order chi connectivity index (χ1) is 9.99. The van der Waals surface area contributed by atoms with Gasteiger partial charge in [0.25, 0.3) is 0 Å². The number of hydrogen-bond acceptors (Lipinski definition) is 4. The molecule has 0 amide bonds. The van der Waals surface area contributed by atoms with Crippen LogP contribution in [0.3, 0.4) is 0 Å². The predicted molar refractivity (Wildman–Crippen MR) is 83.7 cm³/mol. The second-order valence-corrected chi connectivity index (χ2v) is 6.45. The summed E-state index contributed by atoms with van der Waals surface area (Å²) >= 11 is 0. The van der Waals surface area contributed by atoms with Crippen molar-refractivity contribution in [3.63, 3.8) is 0 Å². The standard InChI is InChI=1S/C16H23N5/c1-9-5-6-15(12(9)4)21-16(18-19-20-21)13-8-14(17)11(3)7-10(13)2/h7-9,12,15H,5-6,17H2,1-4H3. The first kappa shape index (κ1) is 14.0. The van der Waals surface area contributed by atoms with Crippen LogP contribution in [0.1, 0.15) is 43.9 Å². The summed E-state index contributed by atoms with van der Waals surface area (Å²) in [6.07, 6.45) is 2.38. The summed E-state index contributed by atoms with van der Waals surface area (Å²) < 4.78 is 2.01. The minimum atomic E-state index is 0.381. The molecule has 1 aromatic heterocycles. The molecule has 0 radical (unpaired) electrons. The van der Waals surface area contributed by atoms with Gasteiger partial charge in [0.2, 0.25) is 0 Å². The SMILES string of the molecule is Cc1cc(C)c(-c2nnnn2C2CCC(C)C2C)cc1N. The van der Waals surface area contributed by atoms with Gasteiger partial charge >= 0.3 is 0 Å². The number of nitrogens with zero attached hydrogens (tertiary/aromatic N) is 4. The van der Waals surface area contributed by atoms with E-state index < -0.39 is 0 Å². The van der Waals surface area contributed by atoms with Gasteiger partial charge in [0.05, 0.1) is 6.04 Å². The molecule has 0 spiro atoms. The second kappa shape index (κ2) is 5.13. The molecule has 1 aromatic carbocycles. The van der Waals surface area contributed by atoms with E-state index in [1.54, 1.807) is 0 Å². The summed E-state index contributed by atoms with van der Waals surface area (Å²) in [5, 5.41) is 12.5. The van der Waals surface area contributed by atoms with E-state index in [-0.39, 0.29) is 0 Å². The van der Waals surface area contributed by atoms with Gasteiger partial charge in [0.15, 0.2) is 5.82 Å². The number of benzene rings is 1. The minimum Gasteiger partial charge on any atom is -0.398 e. The highest BCUT2D eigenvalue weighted by Gasteiger charge is 2.33. The third-order valence-corrected chi connectivity index (χ3v) is 5.08. The Hall–Kier alpha value is -1.91. The van der Waals surface area contributed by atoms with Crippen LogP contribution in [0.4, 0.5) is 5.69 Å². The van der Waals surface area contributed by atoms with Crippen molar-refractivity contribution in [2.24, 2.45) is 11.8 Å². The van der Waals surface area contributed by atoms with Gasteiger partial charge in [-0.3, -0.25) is 0 Å². The second-order valence-electron chi connectivity index (χ2n) is 6.45. The molecule has 5 nitrogen and oxygen atoms in total. The smallest absolute Gasteiger partial charge is 0.182 e. The fourth-order valence-electron chi connectivity index (χ4n) is 3.39. The van der Waals surface area contributed by atoms with Crippen LogP contribution in [-0.2, 0) is 0 Å². The topological polar surface area (TPSA) is 69.6 Å². The van der Waals surface area contributed by atoms with E-state index in [4.69, 9.17) is 5.73 Å². The van der Waals surface area contributed by atoms with E-state index in [1.165, 1.54) is 6.42 Å². The number of rotatable bonds is 2. The quantitative estimate of drug-likeness (QED) is 0.861. The number of aryl methyl sites for hydroxylation is 2. The van der Waals surface area contributed by atoms with Crippen LogP contribution < -0.4 is 5.73 Å². The lowest BCUT2D eigenvalue weighted by Gasteiger charge is -2.20. The molecule has 2 aromatic rings. The van der Waals surface area contributed by atoms with Gasteiger partial charge in [-0.1, -0.05) is 19.9 Å². The minimum absolute atomic E-state index is 0.381. The molecule has 1 aliphatic rings. The number of nitrogen functional groups attached to an aromatic ring is 1. The Morgan fingerprint density at radius 2 is 1.90 bits per heavy atom. The molecular formula is C16H23N5. The first-order valence-corrected chi connectivity index (χ1v) is 7.64. The van der Waals surface area contributed by atoms with Crippen LogP contribution in [0.2, 0.25) is 0 Å². The lowest BCUT2D eigenvalue weighted by Crippen LogP contribution is -2.17. The predicted octanol–water partition coefficient (Wildman–Crippen LogP) is 3.15. The maximum absolute atomic E-state index is 6.07. The summed E-state index contributed by atoms with van der Waals surface area (Å²) in [7, 11) is 0. The first-order valence-electron chi connectivity index (χ1n) is 7.64. The van der Waals surface area contributed by atoms with Gasteiger partial charge in [0, 0.05) is 11.3 Å².